The summed E-state index contributed by atoms with van der Waals surface area (Å²) in [5, 5.41) is 2.78. The second kappa shape index (κ2) is 5.18. The number of hydrogen-bond acceptors (Lipinski definition) is 4. The van der Waals surface area contributed by atoms with Crippen LogP contribution < -0.4 is 11.1 Å². The van der Waals surface area contributed by atoms with Crippen LogP contribution in [0.2, 0.25) is 0 Å². The third-order valence-corrected chi connectivity index (χ3v) is 2.94. The molecule has 1 atom stereocenters. The number of nitrogens with one attached hydrogen (secondary N) is 1. The summed E-state index contributed by atoms with van der Waals surface area (Å²) in [6.45, 7) is 3.91. The second-order valence-corrected chi connectivity index (χ2v) is 4.82. The van der Waals surface area contributed by atoms with Crippen molar-refractivity contribution in [1.82, 2.24) is 10.3 Å². The van der Waals surface area contributed by atoms with Crippen molar-refractivity contribution < 1.29 is 4.79 Å². The van der Waals surface area contributed by atoms with Crippen molar-refractivity contribution in [2.45, 2.75) is 19.9 Å². The zero-order valence-corrected chi connectivity index (χ0v) is 10.2. The molecule has 0 aliphatic rings. The molecule has 1 unspecified atom stereocenters. The van der Waals surface area contributed by atoms with Crippen molar-refractivity contribution >= 4 is 34.5 Å². The highest BCUT2D eigenvalue weighted by Crippen LogP contribution is 2.08. The topological polar surface area (TPSA) is 68.0 Å². The largest absolute Gasteiger partial charge is 0.392 e. The Morgan fingerprint density at radius 2 is 2.33 bits per heavy atom. The fourth-order valence-corrected chi connectivity index (χ4v) is 1.96. The van der Waals surface area contributed by atoms with Gasteiger partial charge in [0.25, 0.3) is 5.91 Å². The predicted octanol–water partition coefficient (Wildman–Crippen LogP) is 1.18. The molecule has 1 aromatic rings. The fourth-order valence-electron chi connectivity index (χ4n) is 1.11. The highest BCUT2D eigenvalue weighted by molar-refractivity contribution is 7.80. The molecule has 0 aliphatic heterocycles. The van der Waals surface area contributed by atoms with E-state index in [-0.39, 0.29) is 17.9 Å². The number of amides is 1. The molecule has 1 amide bonds. The standard InChI is InChI=1S/C9H13N3OS2/c1-5(2)7(8(10)14)12-9(13)6-3-11-4-15-6/h3-5,7H,1-2H3,(H2,10,14)(H,12,13). The van der Waals surface area contributed by atoms with Gasteiger partial charge in [0.15, 0.2) is 0 Å². The van der Waals surface area contributed by atoms with Crippen LogP contribution in [0.15, 0.2) is 11.7 Å². The summed E-state index contributed by atoms with van der Waals surface area (Å²) in [6.07, 6.45) is 1.52. The number of thiocarbonyl (C=S) groups is 1. The average molecular weight is 243 g/mol. The third kappa shape index (κ3) is 3.24. The summed E-state index contributed by atoms with van der Waals surface area (Å²) < 4.78 is 0. The van der Waals surface area contributed by atoms with Gasteiger partial charge in [0, 0.05) is 0 Å². The number of hydrogen-bond donors (Lipinski definition) is 2. The van der Waals surface area contributed by atoms with E-state index in [9.17, 15) is 4.79 Å². The van der Waals surface area contributed by atoms with Crippen molar-refractivity contribution in [1.29, 1.82) is 0 Å². The monoisotopic (exact) mass is 243 g/mol. The van der Waals surface area contributed by atoms with E-state index in [0.29, 0.717) is 9.87 Å². The van der Waals surface area contributed by atoms with Gasteiger partial charge in [-0.25, -0.2) is 0 Å². The van der Waals surface area contributed by atoms with E-state index in [1.807, 2.05) is 13.8 Å². The minimum absolute atomic E-state index is 0.177. The Morgan fingerprint density at radius 3 is 2.73 bits per heavy atom. The summed E-state index contributed by atoms with van der Waals surface area (Å²) >= 11 is 6.18. The van der Waals surface area contributed by atoms with Crippen LogP contribution in [0.4, 0.5) is 0 Å². The number of aromatic nitrogens is 1. The van der Waals surface area contributed by atoms with Gasteiger partial charge in [-0.1, -0.05) is 26.1 Å². The summed E-state index contributed by atoms with van der Waals surface area (Å²) in [4.78, 5) is 16.4. The molecule has 1 aromatic heterocycles. The van der Waals surface area contributed by atoms with Crippen LogP contribution in [-0.2, 0) is 0 Å². The quantitative estimate of drug-likeness (QED) is 0.779. The van der Waals surface area contributed by atoms with Crippen LogP contribution >= 0.6 is 23.6 Å². The SMILES string of the molecule is CC(C)C(NC(=O)c1cncs1)C(N)=S. The number of thiazole rings is 1. The molecule has 0 radical (unpaired) electrons. The first-order chi connectivity index (χ1) is 7.02. The molecule has 1 heterocycles. The van der Waals surface area contributed by atoms with E-state index < -0.39 is 0 Å². The van der Waals surface area contributed by atoms with Gasteiger partial charge in [-0.3, -0.25) is 9.78 Å². The second-order valence-electron chi connectivity index (χ2n) is 3.46. The lowest BCUT2D eigenvalue weighted by Crippen LogP contribution is -2.46. The fraction of sp³-hybridized carbons (Fsp3) is 0.444. The highest BCUT2D eigenvalue weighted by Gasteiger charge is 2.19. The Balaban J connectivity index is 2.67. The number of nitrogens with zero attached hydrogens (tertiary/aromatic N) is 1. The maximum Gasteiger partial charge on any atom is 0.263 e. The Labute approximate surface area is 97.9 Å². The zero-order chi connectivity index (χ0) is 11.4. The van der Waals surface area contributed by atoms with Crippen molar-refractivity contribution in [2.24, 2.45) is 11.7 Å². The first-order valence-corrected chi connectivity index (χ1v) is 5.80. The predicted molar refractivity (Wildman–Crippen MR) is 65.0 cm³/mol. The zero-order valence-electron chi connectivity index (χ0n) is 8.56. The van der Waals surface area contributed by atoms with Crippen LogP contribution in [0.5, 0.6) is 0 Å². The minimum Gasteiger partial charge on any atom is -0.392 e. The van der Waals surface area contributed by atoms with Crippen LogP contribution in [0.3, 0.4) is 0 Å². The van der Waals surface area contributed by atoms with E-state index in [1.165, 1.54) is 17.5 Å². The van der Waals surface area contributed by atoms with Crippen LogP contribution in [-0.4, -0.2) is 21.9 Å². The summed E-state index contributed by atoms with van der Waals surface area (Å²) in [7, 11) is 0. The molecular formula is C9H13N3OS2. The molecule has 4 nitrogen and oxygen atoms in total. The lowest BCUT2D eigenvalue weighted by molar-refractivity contribution is 0.0944. The Morgan fingerprint density at radius 1 is 1.67 bits per heavy atom. The lowest BCUT2D eigenvalue weighted by Gasteiger charge is -2.20. The van der Waals surface area contributed by atoms with Crippen LogP contribution in [0.25, 0.3) is 0 Å². The highest BCUT2D eigenvalue weighted by atomic mass is 32.1. The molecule has 15 heavy (non-hydrogen) atoms. The molecule has 3 N–H and O–H groups in total. The Bertz CT molecular complexity index is 348. The Kier molecular flexibility index (Phi) is 4.16. The van der Waals surface area contributed by atoms with Gasteiger partial charge in [0.2, 0.25) is 0 Å². The number of carbonyl (C=O) groups is 1. The smallest absolute Gasteiger partial charge is 0.263 e. The molecule has 0 fully saturated rings. The van der Waals surface area contributed by atoms with E-state index in [0.717, 1.165) is 0 Å². The van der Waals surface area contributed by atoms with E-state index >= 15 is 0 Å². The van der Waals surface area contributed by atoms with Crippen LogP contribution in [0, 0.1) is 5.92 Å². The van der Waals surface area contributed by atoms with Gasteiger partial charge in [0.1, 0.15) is 4.88 Å². The summed E-state index contributed by atoms with van der Waals surface area (Å²) in [5.74, 6) is 0.00312. The maximum atomic E-state index is 11.7. The molecular weight excluding hydrogens is 230 g/mol. The van der Waals surface area contributed by atoms with Gasteiger partial charge in [-0.05, 0) is 5.92 Å². The first-order valence-electron chi connectivity index (χ1n) is 4.51. The van der Waals surface area contributed by atoms with Gasteiger partial charge >= 0.3 is 0 Å². The number of nitrogens with two attached hydrogens (primary N) is 1. The molecule has 0 aliphatic carbocycles. The van der Waals surface area contributed by atoms with Crippen molar-refractivity contribution in [3.05, 3.63) is 16.6 Å². The minimum atomic E-state index is -0.269. The van der Waals surface area contributed by atoms with Gasteiger partial charge < -0.3 is 11.1 Å². The first kappa shape index (κ1) is 12.1. The molecule has 0 saturated carbocycles. The average Bonchev–Trinajstić information content (AvgIpc) is 2.65. The van der Waals surface area contributed by atoms with E-state index in [4.69, 9.17) is 18.0 Å². The van der Waals surface area contributed by atoms with Crippen molar-refractivity contribution in [3.63, 3.8) is 0 Å². The van der Waals surface area contributed by atoms with Crippen molar-refractivity contribution in [2.75, 3.05) is 0 Å². The molecule has 0 bridgehead atoms. The normalized spacial score (nSPS) is 12.5. The van der Waals surface area contributed by atoms with Crippen molar-refractivity contribution in [3.8, 4) is 0 Å². The Hall–Kier alpha value is -1.01. The van der Waals surface area contributed by atoms with Gasteiger partial charge in [0.05, 0.1) is 22.7 Å². The number of rotatable bonds is 4. The van der Waals surface area contributed by atoms with Gasteiger partial charge in [-0.2, -0.15) is 0 Å². The van der Waals surface area contributed by atoms with E-state index in [1.54, 1.807) is 5.51 Å². The number of carbonyl (C=O) groups excluding carboxylic acids is 1. The van der Waals surface area contributed by atoms with Crippen LogP contribution in [0.1, 0.15) is 23.5 Å². The molecule has 0 saturated heterocycles. The maximum absolute atomic E-state index is 11.7. The van der Waals surface area contributed by atoms with E-state index in [2.05, 4.69) is 10.3 Å². The third-order valence-electron chi connectivity index (χ3n) is 1.92. The van der Waals surface area contributed by atoms with Gasteiger partial charge in [-0.15, -0.1) is 11.3 Å². The summed E-state index contributed by atoms with van der Waals surface area (Å²) in [5.41, 5.74) is 7.15. The lowest BCUT2D eigenvalue weighted by atomic mass is 10.0. The molecule has 82 valence electrons. The molecule has 0 aromatic carbocycles. The summed E-state index contributed by atoms with van der Waals surface area (Å²) in [6, 6.07) is -0.269. The molecule has 1 rings (SSSR count). The molecule has 6 heteroatoms. The molecule has 0 spiro atoms.